The molecule has 1 aliphatic rings. The molecule has 1 aliphatic heterocycles. The van der Waals surface area contributed by atoms with E-state index in [0.717, 1.165) is 35.8 Å². The van der Waals surface area contributed by atoms with Crippen LogP contribution in [0.15, 0.2) is 60.9 Å². The molecular formula is C24H27N3O2. The van der Waals surface area contributed by atoms with Crippen LogP contribution in [0.2, 0.25) is 0 Å². The first-order valence-electron chi connectivity index (χ1n) is 10.1. The largest absolute Gasteiger partial charge is 0.481 e. The maximum Gasteiger partial charge on any atom is 0.307 e. The standard InChI is InChI=1S/C24H27N3O2/c1-26(2)22-9-7-17(8-10-22)23(27-13-3-4-21(16-27)24(28)29)19-5-6-20-15-25-12-11-18(20)14-19/h5-12,14-15,21,23H,3-4,13,16H2,1-2H3,(H,28,29). The van der Waals surface area contributed by atoms with E-state index in [9.17, 15) is 9.90 Å². The van der Waals surface area contributed by atoms with E-state index < -0.39 is 5.97 Å². The Bertz CT molecular complexity index is 1000. The molecule has 4 rings (SSSR count). The van der Waals surface area contributed by atoms with Crippen molar-refractivity contribution < 1.29 is 9.90 Å². The zero-order valence-electron chi connectivity index (χ0n) is 17.0. The number of anilines is 1. The molecule has 2 heterocycles. The van der Waals surface area contributed by atoms with E-state index in [-0.39, 0.29) is 12.0 Å². The van der Waals surface area contributed by atoms with Gasteiger partial charge in [-0.05, 0) is 60.2 Å². The van der Waals surface area contributed by atoms with Crippen LogP contribution >= 0.6 is 0 Å². The van der Waals surface area contributed by atoms with Crippen LogP contribution in [-0.2, 0) is 4.79 Å². The topological polar surface area (TPSA) is 56.7 Å². The van der Waals surface area contributed by atoms with Crippen LogP contribution in [-0.4, -0.2) is 48.1 Å². The molecule has 2 unspecified atom stereocenters. The monoisotopic (exact) mass is 389 g/mol. The number of likely N-dealkylation sites (tertiary alicyclic amines) is 1. The van der Waals surface area contributed by atoms with Gasteiger partial charge in [0, 0.05) is 44.1 Å². The lowest BCUT2D eigenvalue weighted by Crippen LogP contribution is -2.41. The molecule has 0 radical (unpaired) electrons. The van der Waals surface area contributed by atoms with Crippen molar-refractivity contribution in [3.8, 4) is 0 Å². The summed E-state index contributed by atoms with van der Waals surface area (Å²) in [6.45, 7) is 1.47. The second-order valence-electron chi connectivity index (χ2n) is 8.04. The summed E-state index contributed by atoms with van der Waals surface area (Å²) in [6, 6.07) is 17.1. The van der Waals surface area contributed by atoms with Crippen molar-refractivity contribution in [1.29, 1.82) is 0 Å². The summed E-state index contributed by atoms with van der Waals surface area (Å²) in [5, 5.41) is 11.8. The number of aromatic nitrogens is 1. The lowest BCUT2D eigenvalue weighted by atomic mass is 9.90. The van der Waals surface area contributed by atoms with Gasteiger partial charge in [-0.15, -0.1) is 0 Å². The third kappa shape index (κ3) is 4.10. The number of piperidine rings is 1. The van der Waals surface area contributed by atoms with Crippen molar-refractivity contribution in [2.45, 2.75) is 18.9 Å². The average Bonchev–Trinajstić information content (AvgIpc) is 2.74. The average molecular weight is 389 g/mol. The van der Waals surface area contributed by atoms with Crippen LogP contribution in [0, 0.1) is 5.92 Å². The predicted molar refractivity (Wildman–Crippen MR) is 116 cm³/mol. The van der Waals surface area contributed by atoms with Gasteiger partial charge in [0.2, 0.25) is 0 Å². The van der Waals surface area contributed by atoms with Crippen molar-refractivity contribution in [2.24, 2.45) is 5.92 Å². The number of carboxylic acid groups (broad SMARTS) is 1. The minimum Gasteiger partial charge on any atom is -0.481 e. The molecule has 3 aromatic rings. The van der Waals surface area contributed by atoms with Crippen LogP contribution in [0.4, 0.5) is 5.69 Å². The minimum absolute atomic E-state index is 0.0333. The summed E-state index contributed by atoms with van der Waals surface area (Å²) in [4.78, 5) is 20.3. The first-order valence-corrected chi connectivity index (χ1v) is 10.1. The zero-order chi connectivity index (χ0) is 20.4. The molecule has 5 nitrogen and oxygen atoms in total. The number of pyridine rings is 1. The second-order valence-corrected chi connectivity index (χ2v) is 8.04. The van der Waals surface area contributed by atoms with E-state index in [1.54, 1.807) is 0 Å². The number of fused-ring (bicyclic) bond motifs is 1. The number of hydrogen-bond donors (Lipinski definition) is 1. The lowest BCUT2D eigenvalue weighted by Gasteiger charge is -2.38. The maximum absolute atomic E-state index is 11.7. The SMILES string of the molecule is CN(C)c1ccc(C(c2ccc3cnccc3c2)N2CCCC(C(=O)O)C2)cc1. The molecule has 29 heavy (non-hydrogen) atoms. The smallest absolute Gasteiger partial charge is 0.307 e. The van der Waals surface area contributed by atoms with E-state index in [0.29, 0.717) is 6.54 Å². The summed E-state index contributed by atoms with van der Waals surface area (Å²) in [7, 11) is 4.07. The number of nitrogens with zero attached hydrogens (tertiary/aromatic N) is 3. The summed E-state index contributed by atoms with van der Waals surface area (Å²) >= 11 is 0. The van der Waals surface area contributed by atoms with Crippen molar-refractivity contribution in [1.82, 2.24) is 9.88 Å². The summed E-state index contributed by atoms with van der Waals surface area (Å²) in [5.74, 6) is -1.00. The molecule has 1 fully saturated rings. The fourth-order valence-electron chi connectivity index (χ4n) is 4.28. The summed E-state index contributed by atoms with van der Waals surface area (Å²) in [5.41, 5.74) is 3.53. The number of aliphatic carboxylic acids is 1. The minimum atomic E-state index is -0.694. The molecule has 1 saturated heterocycles. The van der Waals surface area contributed by atoms with Gasteiger partial charge < -0.3 is 10.0 Å². The second kappa shape index (κ2) is 8.21. The fourth-order valence-corrected chi connectivity index (χ4v) is 4.28. The maximum atomic E-state index is 11.7. The van der Waals surface area contributed by atoms with Crippen molar-refractivity contribution >= 4 is 22.4 Å². The number of rotatable bonds is 5. The molecule has 150 valence electrons. The Morgan fingerprint density at radius 3 is 2.59 bits per heavy atom. The Kier molecular flexibility index (Phi) is 5.49. The van der Waals surface area contributed by atoms with Gasteiger partial charge in [0.05, 0.1) is 12.0 Å². The highest BCUT2D eigenvalue weighted by Gasteiger charge is 2.31. The molecule has 0 bridgehead atoms. The molecule has 2 atom stereocenters. The Morgan fingerprint density at radius 2 is 1.86 bits per heavy atom. The molecular weight excluding hydrogens is 362 g/mol. The molecule has 2 aromatic carbocycles. The van der Waals surface area contributed by atoms with E-state index in [1.165, 1.54) is 11.1 Å². The van der Waals surface area contributed by atoms with E-state index in [2.05, 4.69) is 57.2 Å². The molecule has 1 N–H and O–H groups in total. The summed E-state index contributed by atoms with van der Waals surface area (Å²) in [6.07, 6.45) is 5.35. The van der Waals surface area contributed by atoms with Crippen LogP contribution in [0.1, 0.15) is 30.0 Å². The van der Waals surface area contributed by atoms with E-state index >= 15 is 0 Å². The fraction of sp³-hybridized carbons (Fsp3) is 0.333. The molecule has 0 aliphatic carbocycles. The molecule has 0 spiro atoms. The van der Waals surface area contributed by atoms with Crippen molar-refractivity contribution in [3.05, 3.63) is 72.1 Å². The van der Waals surface area contributed by atoms with Gasteiger partial charge in [0.25, 0.3) is 0 Å². The number of benzene rings is 2. The van der Waals surface area contributed by atoms with Crippen LogP contribution in [0.25, 0.3) is 10.8 Å². The van der Waals surface area contributed by atoms with Crippen molar-refractivity contribution in [3.63, 3.8) is 0 Å². The van der Waals surface area contributed by atoms with Gasteiger partial charge in [0.15, 0.2) is 0 Å². The lowest BCUT2D eigenvalue weighted by molar-refractivity contribution is -0.143. The Morgan fingerprint density at radius 1 is 1.10 bits per heavy atom. The highest BCUT2D eigenvalue weighted by molar-refractivity contribution is 5.82. The highest BCUT2D eigenvalue weighted by Crippen LogP contribution is 2.34. The van der Waals surface area contributed by atoms with Gasteiger partial charge in [0.1, 0.15) is 0 Å². The van der Waals surface area contributed by atoms with E-state index in [1.807, 2.05) is 32.6 Å². The van der Waals surface area contributed by atoms with Crippen LogP contribution < -0.4 is 4.90 Å². The molecule has 0 saturated carbocycles. The van der Waals surface area contributed by atoms with Gasteiger partial charge in [-0.1, -0.05) is 24.3 Å². The molecule has 0 amide bonds. The Labute approximate surface area is 171 Å². The first kappa shape index (κ1) is 19.4. The van der Waals surface area contributed by atoms with Gasteiger partial charge in [-0.25, -0.2) is 0 Å². The normalized spacial score (nSPS) is 18.5. The van der Waals surface area contributed by atoms with Crippen molar-refractivity contribution in [2.75, 3.05) is 32.1 Å². The van der Waals surface area contributed by atoms with E-state index in [4.69, 9.17) is 0 Å². The predicted octanol–water partition coefficient (Wildman–Crippen LogP) is 4.19. The summed E-state index contributed by atoms with van der Waals surface area (Å²) < 4.78 is 0. The number of carbonyl (C=O) groups is 1. The quantitative estimate of drug-likeness (QED) is 0.709. The first-order chi connectivity index (χ1) is 14.0. The highest BCUT2D eigenvalue weighted by atomic mass is 16.4. The van der Waals surface area contributed by atoms with Gasteiger partial charge in [-0.3, -0.25) is 14.7 Å². The Hall–Kier alpha value is -2.92. The zero-order valence-corrected chi connectivity index (χ0v) is 17.0. The van der Waals surface area contributed by atoms with Gasteiger partial charge in [-0.2, -0.15) is 0 Å². The Balaban J connectivity index is 1.76. The molecule has 5 heteroatoms. The van der Waals surface area contributed by atoms with Crippen LogP contribution in [0.5, 0.6) is 0 Å². The van der Waals surface area contributed by atoms with Crippen LogP contribution in [0.3, 0.4) is 0 Å². The number of carboxylic acids is 1. The third-order valence-corrected chi connectivity index (χ3v) is 5.87. The van der Waals surface area contributed by atoms with Gasteiger partial charge >= 0.3 is 5.97 Å². The number of hydrogen-bond acceptors (Lipinski definition) is 4. The third-order valence-electron chi connectivity index (χ3n) is 5.87. The molecule has 1 aromatic heterocycles.